The molecule has 6 nitrogen and oxygen atoms in total. The van der Waals surface area contributed by atoms with Crippen LogP contribution in [0.25, 0.3) is 4.96 Å². The first-order valence-electron chi connectivity index (χ1n) is 8.18. The maximum absolute atomic E-state index is 5.38. The summed E-state index contributed by atoms with van der Waals surface area (Å²) >= 11 is 1.63. The molecule has 8 heteroatoms. The fourth-order valence-corrected chi connectivity index (χ4v) is 3.32. The molecule has 0 saturated carbocycles. The van der Waals surface area contributed by atoms with Gasteiger partial charge in [-0.3, -0.25) is 9.39 Å². The van der Waals surface area contributed by atoms with Gasteiger partial charge in [0.1, 0.15) is 5.75 Å². The normalized spacial score (nSPS) is 11.3. The Bertz CT molecular complexity index is 845. The number of aliphatic imine (C=N–C) groups is 1. The molecular weight excluding hydrogens is 461 g/mol. The molecule has 3 aromatic rings. The Morgan fingerprint density at radius 2 is 2.19 bits per heavy atom. The van der Waals surface area contributed by atoms with Crippen LogP contribution in [0.15, 0.2) is 41.0 Å². The highest BCUT2D eigenvalue weighted by atomic mass is 127. The van der Waals surface area contributed by atoms with Crippen molar-refractivity contribution >= 4 is 46.2 Å². The average molecular weight is 485 g/mol. The number of aryl methyl sites for hydroxylation is 1. The molecule has 2 N–H and O–H groups in total. The Hall–Kier alpha value is -1.81. The second-order valence-corrected chi connectivity index (χ2v) is 6.60. The average Bonchev–Trinajstić information content (AvgIpc) is 3.20. The van der Waals surface area contributed by atoms with Gasteiger partial charge in [-0.2, -0.15) is 0 Å². The number of nitrogens with one attached hydrogen (secondary N) is 2. The molecule has 26 heavy (non-hydrogen) atoms. The highest BCUT2D eigenvalue weighted by molar-refractivity contribution is 14.0. The lowest BCUT2D eigenvalue weighted by Gasteiger charge is -2.12. The molecule has 0 fully saturated rings. The maximum atomic E-state index is 5.38. The monoisotopic (exact) mass is 485 g/mol. The zero-order valence-corrected chi connectivity index (χ0v) is 18.3. The number of aromatic nitrogens is 2. The third-order valence-corrected chi connectivity index (χ3v) is 4.75. The third kappa shape index (κ3) is 5.10. The van der Waals surface area contributed by atoms with Crippen molar-refractivity contribution in [2.24, 2.45) is 4.99 Å². The standard InChI is InChI=1S/C18H23N5OS.HI/c1-13-4-5-14(10-16(13)24-3)6-7-20-17(19-2)21-11-15-12-23-8-9-25-18(23)22-15;/h4-5,8-10,12H,6-7,11H2,1-3H3,(H2,19,20,21);1H. The number of methoxy groups -OCH3 is 1. The molecule has 0 amide bonds. The van der Waals surface area contributed by atoms with E-state index in [0.29, 0.717) is 6.54 Å². The first kappa shape index (κ1) is 20.5. The van der Waals surface area contributed by atoms with Gasteiger partial charge in [0.15, 0.2) is 10.9 Å². The van der Waals surface area contributed by atoms with Gasteiger partial charge in [0.2, 0.25) is 0 Å². The Morgan fingerprint density at radius 3 is 2.92 bits per heavy atom. The number of rotatable bonds is 6. The minimum Gasteiger partial charge on any atom is -0.496 e. The van der Waals surface area contributed by atoms with Crippen molar-refractivity contribution in [1.82, 2.24) is 20.0 Å². The molecule has 3 rings (SSSR count). The van der Waals surface area contributed by atoms with E-state index in [4.69, 9.17) is 4.74 Å². The van der Waals surface area contributed by atoms with Crippen LogP contribution in [0.5, 0.6) is 5.75 Å². The lowest BCUT2D eigenvalue weighted by molar-refractivity contribution is 0.411. The second kappa shape index (κ2) is 9.77. The molecule has 0 radical (unpaired) electrons. The van der Waals surface area contributed by atoms with Crippen LogP contribution in [0.4, 0.5) is 0 Å². The van der Waals surface area contributed by atoms with Crippen molar-refractivity contribution < 1.29 is 4.74 Å². The van der Waals surface area contributed by atoms with Crippen LogP contribution in [0.2, 0.25) is 0 Å². The number of hydrogen-bond donors (Lipinski definition) is 2. The van der Waals surface area contributed by atoms with Crippen molar-refractivity contribution in [2.75, 3.05) is 20.7 Å². The predicted octanol–water partition coefficient (Wildman–Crippen LogP) is 3.24. The van der Waals surface area contributed by atoms with Crippen LogP contribution in [0, 0.1) is 6.92 Å². The Labute approximate surface area is 174 Å². The van der Waals surface area contributed by atoms with Gasteiger partial charge in [0.05, 0.1) is 19.3 Å². The lowest BCUT2D eigenvalue weighted by Crippen LogP contribution is -2.37. The van der Waals surface area contributed by atoms with Crippen LogP contribution in [-0.2, 0) is 13.0 Å². The molecule has 0 aliphatic carbocycles. The van der Waals surface area contributed by atoms with Crippen molar-refractivity contribution in [3.63, 3.8) is 0 Å². The van der Waals surface area contributed by atoms with E-state index in [-0.39, 0.29) is 24.0 Å². The van der Waals surface area contributed by atoms with Crippen molar-refractivity contribution in [2.45, 2.75) is 19.9 Å². The van der Waals surface area contributed by atoms with E-state index >= 15 is 0 Å². The second-order valence-electron chi connectivity index (χ2n) is 5.73. The summed E-state index contributed by atoms with van der Waals surface area (Å²) in [6.45, 7) is 3.49. The molecule has 0 unspecified atom stereocenters. The number of imidazole rings is 1. The zero-order valence-electron chi connectivity index (χ0n) is 15.2. The fraction of sp³-hybridized carbons (Fsp3) is 0.333. The molecule has 0 aliphatic heterocycles. The third-order valence-electron chi connectivity index (χ3n) is 3.98. The Morgan fingerprint density at radius 1 is 1.35 bits per heavy atom. The molecule has 1 aromatic carbocycles. The van der Waals surface area contributed by atoms with Gasteiger partial charge in [0.25, 0.3) is 0 Å². The summed E-state index contributed by atoms with van der Waals surface area (Å²) in [4.78, 5) is 9.83. The van der Waals surface area contributed by atoms with Crippen LogP contribution in [0.3, 0.4) is 0 Å². The number of nitrogens with zero attached hydrogens (tertiary/aromatic N) is 3. The van der Waals surface area contributed by atoms with Gasteiger partial charge in [-0.1, -0.05) is 12.1 Å². The van der Waals surface area contributed by atoms with Gasteiger partial charge in [-0.05, 0) is 30.5 Å². The molecule has 0 saturated heterocycles. The zero-order chi connectivity index (χ0) is 17.6. The highest BCUT2D eigenvalue weighted by Gasteiger charge is 2.05. The molecule has 0 aliphatic rings. The number of fused-ring (bicyclic) bond motifs is 1. The predicted molar refractivity (Wildman–Crippen MR) is 118 cm³/mol. The van der Waals surface area contributed by atoms with Gasteiger partial charge in [-0.15, -0.1) is 35.3 Å². The summed E-state index contributed by atoms with van der Waals surface area (Å²) in [6, 6.07) is 6.31. The minimum absolute atomic E-state index is 0. The summed E-state index contributed by atoms with van der Waals surface area (Å²) in [5.41, 5.74) is 3.38. The van der Waals surface area contributed by atoms with E-state index in [9.17, 15) is 0 Å². The molecule has 0 spiro atoms. The van der Waals surface area contributed by atoms with Gasteiger partial charge < -0.3 is 15.4 Å². The topological polar surface area (TPSA) is 63.0 Å². The number of ether oxygens (including phenoxy) is 1. The van der Waals surface area contributed by atoms with E-state index < -0.39 is 0 Å². The van der Waals surface area contributed by atoms with E-state index in [1.807, 2.05) is 29.1 Å². The van der Waals surface area contributed by atoms with Crippen LogP contribution in [0.1, 0.15) is 16.8 Å². The van der Waals surface area contributed by atoms with Crippen LogP contribution >= 0.6 is 35.3 Å². The fourth-order valence-electron chi connectivity index (χ4n) is 2.60. The first-order chi connectivity index (χ1) is 12.2. The van der Waals surface area contributed by atoms with E-state index in [1.54, 1.807) is 25.5 Å². The minimum atomic E-state index is 0. The first-order valence-corrected chi connectivity index (χ1v) is 9.06. The Balaban J connectivity index is 0.00000243. The largest absolute Gasteiger partial charge is 0.496 e. The lowest BCUT2D eigenvalue weighted by atomic mass is 10.1. The SMILES string of the molecule is CN=C(NCCc1ccc(C)c(OC)c1)NCc1cn2ccsc2n1.I. The molecule has 140 valence electrons. The van der Waals surface area contributed by atoms with E-state index in [1.165, 1.54) is 5.56 Å². The number of halogens is 1. The van der Waals surface area contributed by atoms with Gasteiger partial charge in [0, 0.05) is 31.4 Å². The summed E-state index contributed by atoms with van der Waals surface area (Å²) in [6.07, 6.45) is 4.95. The van der Waals surface area contributed by atoms with Gasteiger partial charge >= 0.3 is 0 Å². The molecule has 2 aromatic heterocycles. The van der Waals surface area contributed by atoms with Crippen molar-refractivity contribution in [1.29, 1.82) is 0 Å². The molecular formula is C18H24IN5OS. The summed E-state index contributed by atoms with van der Waals surface area (Å²) < 4.78 is 7.41. The van der Waals surface area contributed by atoms with Crippen molar-refractivity contribution in [3.8, 4) is 5.75 Å². The quantitative estimate of drug-likeness (QED) is 0.320. The summed E-state index contributed by atoms with van der Waals surface area (Å²) in [5, 5.41) is 8.66. The number of benzene rings is 1. The van der Waals surface area contributed by atoms with E-state index in [2.05, 4.69) is 38.8 Å². The molecule has 0 bridgehead atoms. The number of thiazole rings is 1. The molecule has 0 atom stereocenters. The smallest absolute Gasteiger partial charge is 0.193 e. The van der Waals surface area contributed by atoms with Gasteiger partial charge in [-0.25, -0.2) is 4.98 Å². The highest BCUT2D eigenvalue weighted by Crippen LogP contribution is 2.19. The van der Waals surface area contributed by atoms with Crippen LogP contribution in [-0.4, -0.2) is 36.0 Å². The van der Waals surface area contributed by atoms with Crippen LogP contribution < -0.4 is 15.4 Å². The number of hydrogen-bond acceptors (Lipinski definition) is 4. The summed E-state index contributed by atoms with van der Waals surface area (Å²) in [7, 11) is 3.48. The van der Waals surface area contributed by atoms with E-state index in [0.717, 1.165) is 40.9 Å². The molecule has 2 heterocycles. The maximum Gasteiger partial charge on any atom is 0.193 e. The van der Waals surface area contributed by atoms with Crippen molar-refractivity contribution in [3.05, 3.63) is 52.8 Å². The summed E-state index contributed by atoms with van der Waals surface area (Å²) in [5.74, 6) is 1.70. The number of guanidine groups is 1. The Kier molecular flexibility index (Phi) is 7.70.